The summed E-state index contributed by atoms with van der Waals surface area (Å²) in [4.78, 5) is 23.9. The van der Waals surface area contributed by atoms with Crippen LogP contribution in [-0.4, -0.2) is 32.1 Å². The number of nitrogens with one attached hydrogen (secondary N) is 2. The lowest BCUT2D eigenvalue weighted by Gasteiger charge is -2.04. The van der Waals surface area contributed by atoms with Gasteiger partial charge in [-0.25, -0.2) is 5.10 Å². The van der Waals surface area contributed by atoms with Crippen LogP contribution in [0.15, 0.2) is 33.4 Å². The highest BCUT2D eigenvalue weighted by molar-refractivity contribution is 8.01. The lowest BCUT2D eigenvalue weighted by Crippen LogP contribution is -2.18. The Labute approximate surface area is 139 Å². The van der Waals surface area contributed by atoms with Gasteiger partial charge < -0.3 is 5.32 Å². The van der Waals surface area contributed by atoms with Crippen LogP contribution >= 0.6 is 23.1 Å². The predicted molar refractivity (Wildman–Crippen MR) is 91.0 cm³/mol. The number of H-pyrrole nitrogens is 1. The number of benzene rings is 1. The number of carbonyl (C=O) groups is 1. The molecular weight excluding hydrogens is 334 g/mol. The molecule has 2 N–H and O–H groups in total. The van der Waals surface area contributed by atoms with Crippen molar-refractivity contribution in [3.8, 4) is 0 Å². The fourth-order valence-corrected chi connectivity index (χ4v) is 3.73. The second-order valence-electron chi connectivity index (χ2n) is 4.58. The zero-order chi connectivity index (χ0) is 16.2. The third-order valence-corrected chi connectivity index (χ3v) is 4.88. The fraction of sp³-hybridized carbons (Fsp3) is 0.214. The number of hydrogen-bond donors (Lipinski definition) is 2. The van der Waals surface area contributed by atoms with Crippen molar-refractivity contribution in [2.24, 2.45) is 0 Å². The van der Waals surface area contributed by atoms with Crippen LogP contribution in [0.1, 0.15) is 12.6 Å². The zero-order valence-electron chi connectivity index (χ0n) is 12.2. The van der Waals surface area contributed by atoms with Crippen LogP contribution < -0.4 is 10.9 Å². The van der Waals surface area contributed by atoms with Crippen LogP contribution in [0, 0.1) is 0 Å². The summed E-state index contributed by atoms with van der Waals surface area (Å²) in [6.45, 7) is 2.03. The van der Waals surface area contributed by atoms with Gasteiger partial charge in [0, 0.05) is 5.39 Å². The average molecular weight is 347 g/mol. The van der Waals surface area contributed by atoms with Gasteiger partial charge in [0.15, 0.2) is 4.34 Å². The summed E-state index contributed by atoms with van der Waals surface area (Å²) in [6.07, 6.45) is 0.0487. The summed E-state index contributed by atoms with van der Waals surface area (Å²) in [5.41, 5.74) is 0.250. The van der Waals surface area contributed by atoms with Gasteiger partial charge in [-0.1, -0.05) is 48.2 Å². The third-order valence-electron chi connectivity index (χ3n) is 3.02. The average Bonchev–Trinajstić information content (AvgIpc) is 2.98. The van der Waals surface area contributed by atoms with E-state index in [-0.39, 0.29) is 17.9 Å². The molecule has 0 radical (unpaired) electrons. The lowest BCUT2D eigenvalue weighted by atomic mass is 10.1. The summed E-state index contributed by atoms with van der Waals surface area (Å²) >= 11 is 2.91. The Morgan fingerprint density at radius 2 is 2.09 bits per heavy atom. The van der Waals surface area contributed by atoms with Crippen molar-refractivity contribution >= 4 is 44.9 Å². The van der Waals surface area contributed by atoms with Gasteiger partial charge in [-0.3, -0.25) is 9.59 Å². The standard InChI is InChI=1S/C14H13N5O2S2/c1-2-22-14-19-18-13(23-14)15-11(20)7-10-8-5-3-4-6-9(8)12(21)17-16-10/h3-6H,2,7H2,1H3,(H,17,21)(H,15,18,20). The van der Waals surface area contributed by atoms with E-state index in [9.17, 15) is 9.59 Å². The number of aromatic amines is 1. The molecule has 0 aliphatic rings. The molecule has 1 aromatic carbocycles. The van der Waals surface area contributed by atoms with Gasteiger partial charge in [0.1, 0.15) is 0 Å². The van der Waals surface area contributed by atoms with Crippen molar-refractivity contribution in [3.05, 3.63) is 40.3 Å². The van der Waals surface area contributed by atoms with Gasteiger partial charge in [-0.15, -0.1) is 10.2 Å². The molecule has 0 saturated carbocycles. The van der Waals surface area contributed by atoms with Crippen LogP contribution in [0.25, 0.3) is 10.8 Å². The van der Waals surface area contributed by atoms with Gasteiger partial charge in [0.05, 0.1) is 17.5 Å². The molecule has 0 fully saturated rings. The first-order valence-electron chi connectivity index (χ1n) is 6.90. The molecule has 118 valence electrons. The number of hydrogen-bond acceptors (Lipinski definition) is 7. The molecule has 0 saturated heterocycles. The maximum Gasteiger partial charge on any atom is 0.272 e. The van der Waals surface area contributed by atoms with E-state index >= 15 is 0 Å². The number of nitrogens with zero attached hydrogens (tertiary/aromatic N) is 3. The quantitative estimate of drug-likeness (QED) is 0.541. The molecule has 2 aromatic heterocycles. The third kappa shape index (κ3) is 3.57. The van der Waals surface area contributed by atoms with Crippen LogP contribution in [-0.2, 0) is 11.2 Å². The molecule has 1 amide bonds. The van der Waals surface area contributed by atoms with Crippen LogP contribution in [0.3, 0.4) is 0 Å². The molecule has 3 rings (SSSR count). The van der Waals surface area contributed by atoms with E-state index in [2.05, 4.69) is 25.7 Å². The van der Waals surface area contributed by atoms with Gasteiger partial charge in [-0.2, -0.15) is 5.10 Å². The molecule has 9 heteroatoms. The molecule has 3 aromatic rings. The fourth-order valence-electron chi connectivity index (χ4n) is 2.06. The smallest absolute Gasteiger partial charge is 0.272 e. The summed E-state index contributed by atoms with van der Waals surface area (Å²) < 4.78 is 0.815. The van der Waals surface area contributed by atoms with Crippen molar-refractivity contribution in [3.63, 3.8) is 0 Å². The topological polar surface area (TPSA) is 101 Å². The molecule has 0 spiro atoms. The molecule has 0 aliphatic carbocycles. The normalized spacial score (nSPS) is 10.8. The van der Waals surface area contributed by atoms with Crippen molar-refractivity contribution in [1.82, 2.24) is 20.4 Å². The maximum atomic E-state index is 12.2. The highest BCUT2D eigenvalue weighted by Crippen LogP contribution is 2.25. The van der Waals surface area contributed by atoms with Gasteiger partial charge in [0.2, 0.25) is 11.0 Å². The Morgan fingerprint density at radius 3 is 2.87 bits per heavy atom. The Hall–Kier alpha value is -2.26. The Kier molecular flexibility index (Phi) is 4.68. The summed E-state index contributed by atoms with van der Waals surface area (Å²) in [5, 5.41) is 18.7. The van der Waals surface area contributed by atoms with E-state index in [1.54, 1.807) is 30.0 Å². The minimum Gasteiger partial charge on any atom is -0.300 e. The molecule has 23 heavy (non-hydrogen) atoms. The number of fused-ring (bicyclic) bond motifs is 1. The van der Waals surface area contributed by atoms with Crippen molar-refractivity contribution < 1.29 is 4.79 Å². The lowest BCUT2D eigenvalue weighted by molar-refractivity contribution is -0.115. The second-order valence-corrected chi connectivity index (χ2v) is 7.06. The highest BCUT2D eigenvalue weighted by atomic mass is 32.2. The van der Waals surface area contributed by atoms with Gasteiger partial charge >= 0.3 is 0 Å². The molecule has 0 atom stereocenters. The number of anilines is 1. The minimum absolute atomic E-state index is 0.0487. The molecule has 2 heterocycles. The zero-order valence-corrected chi connectivity index (χ0v) is 13.8. The number of amides is 1. The number of carbonyl (C=O) groups excluding carboxylic acids is 1. The van der Waals surface area contributed by atoms with Crippen molar-refractivity contribution in [2.45, 2.75) is 17.7 Å². The van der Waals surface area contributed by atoms with E-state index < -0.39 is 0 Å². The molecule has 0 bridgehead atoms. The van der Waals surface area contributed by atoms with Crippen molar-refractivity contribution in [1.29, 1.82) is 0 Å². The number of aromatic nitrogens is 4. The SMILES string of the molecule is CCSc1nnc(NC(=O)Cc2n[nH]c(=O)c3ccccc23)s1. The predicted octanol–water partition coefficient (Wildman–Crippen LogP) is 2.07. The molecule has 0 unspecified atom stereocenters. The monoisotopic (exact) mass is 347 g/mol. The van der Waals surface area contributed by atoms with Crippen LogP contribution in [0.5, 0.6) is 0 Å². The van der Waals surface area contributed by atoms with E-state index in [4.69, 9.17) is 0 Å². The largest absolute Gasteiger partial charge is 0.300 e. The second kappa shape index (κ2) is 6.88. The molecule has 0 aliphatic heterocycles. The maximum absolute atomic E-state index is 12.2. The van der Waals surface area contributed by atoms with Crippen molar-refractivity contribution in [2.75, 3.05) is 11.1 Å². The first-order valence-corrected chi connectivity index (χ1v) is 8.70. The van der Waals surface area contributed by atoms with E-state index in [1.165, 1.54) is 11.3 Å². The summed E-state index contributed by atoms with van der Waals surface area (Å²) in [7, 11) is 0. The highest BCUT2D eigenvalue weighted by Gasteiger charge is 2.13. The number of rotatable bonds is 5. The van der Waals surface area contributed by atoms with Gasteiger partial charge in [-0.05, 0) is 11.8 Å². The Morgan fingerprint density at radius 1 is 1.30 bits per heavy atom. The van der Waals surface area contributed by atoms with E-state index in [0.29, 0.717) is 21.6 Å². The molecular formula is C14H13N5O2S2. The van der Waals surface area contributed by atoms with E-state index in [1.807, 2.05) is 13.0 Å². The Bertz CT molecular complexity index is 905. The van der Waals surface area contributed by atoms with Gasteiger partial charge in [0.25, 0.3) is 5.56 Å². The number of thioether (sulfide) groups is 1. The Balaban J connectivity index is 1.77. The van der Waals surface area contributed by atoms with Crippen LogP contribution in [0.4, 0.5) is 5.13 Å². The van der Waals surface area contributed by atoms with E-state index in [0.717, 1.165) is 10.1 Å². The first kappa shape index (κ1) is 15.6. The summed E-state index contributed by atoms with van der Waals surface area (Å²) in [5.74, 6) is 0.648. The summed E-state index contributed by atoms with van der Waals surface area (Å²) in [6, 6.07) is 7.07. The molecule has 7 nitrogen and oxygen atoms in total. The first-order chi connectivity index (χ1) is 11.2. The van der Waals surface area contributed by atoms with Crippen LogP contribution in [0.2, 0.25) is 0 Å². The minimum atomic E-state index is -0.268.